The van der Waals surface area contributed by atoms with Crippen LogP contribution in [0.2, 0.25) is 0 Å². The number of allylic oxidation sites excluding steroid dienone is 1. The average Bonchev–Trinajstić information content (AvgIpc) is 2.85. The van der Waals surface area contributed by atoms with Crippen LogP contribution in [0.3, 0.4) is 0 Å². The zero-order valence-electron chi connectivity index (χ0n) is 12.1. The number of hydrogen-bond acceptors (Lipinski definition) is 1. The van der Waals surface area contributed by atoms with Crippen molar-refractivity contribution >= 4 is 0 Å². The summed E-state index contributed by atoms with van der Waals surface area (Å²) in [6.07, 6.45) is 14.9. The Balaban J connectivity index is 1.60. The minimum absolute atomic E-state index is 0.582. The molecule has 2 saturated carbocycles. The predicted octanol–water partition coefficient (Wildman–Crippen LogP) is 4.96. The van der Waals surface area contributed by atoms with Gasteiger partial charge in [-0.2, -0.15) is 0 Å². The quantitative estimate of drug-likeness (QED) is 0.605. The summed E-state index contributed by atoms with van der Waals surface area (Å²) in [5, 5.41) is 0. The fourth-order valence-electron chi connectivity index (χ4n) is 3.71. The van der Waals surface area contributed by atoms with E-state index in [9.17, 15) is 0 Å². The van der Waals surface area contributed by atoms with E-state index in [1.807, 2.05) is 0 Å². The summed E-state index contributed by atoms with van der Waals surface area (Å²) in [5.74, 6) is 2.56. The van der Waals surface area contributed by atoms with Crippen molar-refractivity contribution in [1.29, 1.82) is 0 Å². The topological polar surface area (TPSA) is 9.23 Å². The fourth-order valence-corrected chi connectivity index (χ4v) is 3.71. The first kappa shape index (κ1) is 14.1. The third-order valence-electron chi connectivity index (χ3n) is 4.98. The molecule has 18 heavy (non-hydrogen) atoms. The van der Waals surface area contributed by atoms with Crippen LogP contribution in [-0.4, -0.2) is 12.7 Å². The third kappa shape index (κ3) is 4.12. The summed E-state index contributed by atoms with van der Waals surface area (Å²) >= 11 is 0. The van der Waals surface area contributed by atoms with Gasteiger partial charge in [0.1, 0.15) is 0 Å². The number of ether oxygens (including phenoxy) is 1. The molecule has 0 aromatic heterocycles. The zero-order chi connectivity index (χ0) is 12.8. The Labute approximate surface area is 113 Å². The Morgan fingerprint density at radius 3 is 2.44 bits per heavy atom. The van der Waals surface area contributed by atoms with Crippen molar-refractivity contribution in [3.63, 3.8) is 0 Å². The Kier molecular flexibility index (Phi) is 5.75. The summed E-state index contributed by atoms with van der Waals surface area (Å²) in [6.45, 7) is 7.23. The highest BCUT2D eigenvalue weighted by Gasteiger charge is 2.26. The molecule has 2 aliphatic rings. The van der Waals surface area contributed by atoms with E-state index in [0.29, 0.717) is 6.10 Å². The van der Waals surface area contributed by atoms with Crippen LogP contribution in [-0.2, 0) is 4.74 Å². The Morgan fingerprint density at radius 2 is 1.78 bits per heavy atom. The normalized spacial score (nSPS) is 36.7. The molecule has 0 spiro atoms. The van der Waals surface area contributed by atoms with Gasteiger partial charge in [-0.3, -0.25) is 0 Å². The summed E-state index contributed by atoms with van der Waals surface area (Å²) < 4.78 is 6.16. The smallest absolute Gasteiger partial charge is 0.0578 e. The molecule has 104 valence electrons. The van der Waals surface area contributed by atoms with E-state index in [0.717, 1.165) is 24.4 Å². The molecule has 2 fully saturated rings. The second-order valence-electron chi connectivity index (χ2n) is 6.44. The van der Waals surface area contributed by atoms with Crippen LogP contribution in [0.4, 0.5) is 0 Å². The van der Waals surface area contributed by atoms with Crippen LogP contribution in [0, 0.1) is 17.8 Å². The lowest BCUT2D eigenvalue weighted by atomic mass is 9.82. The second-order valence-corrected chi connectivity index (χ2v) is 6.44. The molecule has 0 aromatic carbocycles. The van der Waals surface area contributed by atoms with E-state index in [4.69, 9.17) is 4.74 Å². The monoisotopic (exact) mass is 250 g/mol. The van der Waals surface area contributed by atoms with Crippen molar-refractivity contribution in [1.82, 2.24) is 0 Å². The van der Waals surface area contributed by atoms with Crippen LogP contribution >= 0.6 is 0 Å². The van der Waals surface area contributed by atoms with E-state index < -0.39 is 0 Å². The van der Waals surface area contributed by atoms with E-state index in [1.54, 1.807) is 0 Å². The van der Waals surface area contributed by atoms with Crippen LogP contribution in [0.15, 0.2) is 12.7 Å². The van der Waals surface area contributed by atoms with Gasteiger partial charge < -0.3 is 4.74 Å². The van der Waals surface area contributed by atoms with Crippen molar-refractivity contribution in [2.75, 3.05) is 6.61 Å². The van der Waals surface area contributed by atoms with Gasteiger partial charge >= 0.3 is 0 Å². The van der Waals surface area contributed by atoms with Crippen molar-refractivity contribution in [3.8, 4) is 0 Å². The lowest BCUT2D eigenvalue weighted by Gasteiger charge is -2.27. The summed E-state index contributed by atoms with van der Waals surface area (Å²) in [4.78, 5) is 0. The van der Waals surface area contributed by atoms with Gasteiger partial charge in [0.25, 0.3) is 0 Å². The Hall–Kier alpha value is -0.300. The summed E-state index contributed by atoms with van der Waals surface area (Å²) in [7, 11) is 0. The molecule has 2 rings (SSSR count). The molecule has 0 amide bonds. The van der Waals surface area contributed by atoms with Crippen molar-refractivity contribution < 1.29 is 4.74 Å². The van der Waals surface area contributed by atoms with Gasteiger partial charge in [-0.1, -0.05) is 25.8 Å². The van der Waals surface area contributed by atoms with Crippen LogP contribution < -0.4 is 0 Å². The number of rotatable bonds is 6. The molecule has 2 aliphatic carbocycles. The first-order chi connectivity index (χ1) is 8.81. The molecule has 1 heteroatoms. The minimum Gasteiger partial charge on any atom is -0.378 e. The maximum Gasteiger partial charge on any atom is 0.0578 e. The molecular formula is C17H30O. The highest BCUT2D eigenvalue weighted by atomic mass is 16.5. The SMILES string of the molecule is C=CC1CCC(COC2CCC(CCC)C2)CC1. The number of hydrogen-bond donors (Lipinski definition) is 0. The van der Waals surface area contributed by atoms with Crippen LogP contribution in [0.5, 0.6) is 0 Å². The predicted molar refractivity (Wildman–Crippen MR) is 77.6 cm³/mol. The molecule has 2 atom stereocenters. The molecule has 0 aliphatic heterocycles. The van der Waals surface area contributed by atoms with Gasteiger partial charge in [-0.05, 0) is 62.7 Å². The van der Waals surface area contributed by atoms with Crippen LogP contribution in [0.1, 0.15) is 64.7 Å². The molecule has 0 radical (unpaired) electrons. The standard InChI is InChI=1S/C17H30O/c1-3-5-15-10-11-17(12-15)18-13-16-8-6-14(4-2)7-9-16/h4,14-17H,2-3,5-13H2,1H3. The molecule has 2 unspecified atom stereocenters. The minimum atomic E-state index is 0.582. The van der Waals surface area contributed by atoms with E-state index in [1.165, 1.54) is 57.8 Å². The van der Waals surface area contributed by atoms with Gasteiger partial charge in [-0.25, -0.2) is 0 Å². The van der Waals surface area contributed by atoms with Crippen molar-refractivity contribution in [2.45, 2.75) is 70.8 Å². The molecule has 0 saturated heterocycles. The van der Waals surface area contributed by atoms with Gasteiger partial charge in [0.05, 0.1) is 6.10 Å². The van der Waals surface area contributed by atoms with Gasteiger partial charge in [0.15, 0.2) is 0 Å². The van der Waals surface area contributed by atoms with Crippen molar-refractivity contribution in [3.05, 3.63) is 12.7 Å². The molecule has 0 N–H and O–H groups in total. The Bertz CT molecular complexity index is 240. The molecule has 0 bridgehead atoms. The maximum atomic E-state index is 6.16. The van der Waals surface area contributed by atoms with Gasteiger partial charge in [0.2, 0.25) is 0 Å². The summed E-state index contributed by atoms with van der Waals surface area (Å²) in [6, 6.07) is 0. The zero-order valence-corrected chi connectivity index (χ0v) is 12.1. The summed E-state index contributed by atoms with van der Waals surface area (Å²) in [5.41, 5.74) is 0. The maximum absolute atomic E-state index is 6.16. The Morgan fingerprint density at radius 1 is 1.06 bits per heavy atom. The van der Waals surface area contributed by atoms with Crippen molar-refractivity contribution in [2.24, 2.45) is 17.8 Å². The highest BCUT2D eigenvalue weighted by molar-refractivity contribution is 4.84. The van der Waals surface area contributed by atoms with E-state index in [2.05, 4.69) is 19.6 Å². The molecule has 1 nitrogen and oxygen atoms in total. The fraction of sp³-hybridized carbons (Fsp3) is 0.882. The lowest BCUT2D eigenvalue weighted by molar-refractivity contribution is 0.0204. The van der Waals surface area contributed by atoms with Gasteiger partial charge in [-0.15, -0.1) is 6.58 Å². The first-order valence-corrected chi connectivity index (χ1v) is 8.06. The molecule has 0 aromatic rings. The van der Waals surface area contributed by atoms with E-state index >= 15 is 0 Å². The highest BCUT2D eigenvalue weighted by Crippen LogP contribution is 2.33. The lowest BCUT2D eigenvalue weighted by Crippen LogP contribution is -2.21. The molecular weight excluding hydrogens is 220 g/mol. The first-order valence-electron chi connectivity index (χ1n) is 8.06. The third-order valence-corrected chi connectivity index (χ3v) is 4.98. The average molecular weight is 250 g/mol. The molecule has 0 heterocycles. The van der Waals surface area contributed by atoms with E-state index in [-0.39, 0.29) is 0 Å². The van der Waals surface area contributed by atoms with Crippen LogP contribution in [0.25, 0.3) is 0 Å². The second kappa shape index (κ2) is 7.33. The largest absolute Gasteiger partial charge is 0.378 e. The van der Waals surface area contributed by atoms with Gasteiger partial charge in [0, 0.05) is 6.61 Å².